The van der Waals surface area contributed by atoms with Crippen LogP contribution in [0.15, 0.2) is 18.2 Å². The number of carbonyl (C=O) groups excluding carboxylic acids is 1. The van der Waals surface area contributed by atoms with Crippen LogP contribution in [0.4, 0.5) is 13.6 Å². The molecule has 0 bridgehead atoms. The smallest absolute Gasteiger partial charge is 0.320 e. The molecule has 3 aliphatic rings. The molecule has 2 atom stereocenters. The van der Waals surface area contributed by atoms with E-state index in [0.717, 1.165) is 32.0 Å². The third-order valence-electron chi connectivity index (χ3n) is 7.17. The SMILES string of the molecule is CNC1CCN(C(=O)N2CCCC3(CCCC3)C2)C(c2ccc(F)cc2F)C1. The van der Waals surface area contributed by atoms with Gasteiger partial charge in [0, 0.05) is 37.3 Å². The Kier molecular flexibility index (Phi) is 5.59. The maximum Gasteiger partial charge on any atom is 0.320 e. The van der Waals surface area contributed by atoms with Gasteiger partial charge in [-0.2, -0.15) is 0 Å². The van der Waals surface area contributed by atoms with Crippen LogP contribution < -0.4 is 5.32 Å². The first-order chi connectivity index (χ1) is 13.5. The van der Waals surface area contributed by atoms with Crippen molar-refractivity contribution in [3.63, 3.8) is 0 Å². The van der Waals surface area contributed by atoms with Gasteiger partial charge in [0.2, 0.25) is 0 Å². The molecule has 2 unspecified atom stereocenters. The number of hydrogen-bond donors (Lipinski definition) is 1. The summed E-state index contributed by atoms with van der Waals surface area (Å²) >= 11 is 0. The molecule has 6 heteroatoms. The van der Waals surface area contributed by atoms with Crippen LogP contribution in [-0.4, -0.2) is 48.6 Å². The average molecular weight is 392 g/mol. The van der Waals surface area contributed by atoms with Crippen LogP contribution in [-0.2, 0) is 0 Å². The minimum Gasteiger partial charge on any atom is -0.324 e. The fraction of sp³-hybridized carbons (Fsp3) is 0.682. The minimum atomic E-state index is -0.584. The second kappa shape index (κ2) is 7.97. The molecule has 4 nitrogen and oxygen atoms in total. The predicted molar refractivity (Wildman–Crippen MR) is 105 cm³/mol. The van der Waals surface area contributed by atoms with Crippen molar-refractivity contribution in [1.82, 2.24) is 15.1 Å². The lowest BCUT2D eigenvalue weighted by Gasteiger charge is -2.46. The zero-order valence-electron chi connectivity index (χ0n) is 16.7. The molecule has 1 spiro atoms. The van der Waals surface area contributed by atoms with Crippen molar-refractivity contribution in [3.05, 3.63) is 35.4 Å². The molecule has 1 aliphatic carbocycles. The van der Waals surface area contributed by atoms with Crippen LogP contribution in [0.2, 0.25) is 0 Å². The summed E-state index contributed by atoms with van der Waals surface area (Å²) in [6.45, 7) is 2.21. The van der Waals surface area contributed by atoms with Gasteiger partial charge in [-0.1, -0.05) is 18.9 Å². The lowest BCUT2D eigenvalue weighted by atomic mass is 9.78. The van der Waals surface area contributed by atoms with Gasteiger partial charge in [-0.3, -0.25) is 0 Å². The molecule has 4 rings (SSSR count). The van der Waals surface area contributed by atoms with E-state index < -0.39 is 11.6 Å². The Balaban J connectivity index is 1.57. The summed E-state index contributed by atoms with van der Waals surface area (Å²) in [5.74, 6) is -1.15. The van der Waals surface area contributed by atoms with Gasteiger partial charge < -0.3 is 15.1 Å². The van der Waals surface area contributed by atoms with Gasteiger partial charge in [0.1, 0.15) is 11.6 Å². The number of amides is 2. The first-order valence-electron chi connectivity index (χ1n) is 10.7. The van der Waals surface area contributed by atoms with E-state index in [4.69, 9.17) is 0 Å². The van der Waals surface area contributed by atoms with E-state index in [9.17, 15) is 13.6 Å². The van der Waals surface area contributed by atoms with Gasteiger partial charge in [0.15, 0.2) is 0 Å². The van der Waals surface area contributed by atoms with E-state index in [1.807, 2.05) is 16.8 Å². The molecule has 154 valence electrons. The second-order valence-corrected chi connectivity index (χ2v) is 8.90. The summed E-state index contributed by atoms with van der Waals surface area (Å²) in [5, 5.41) is 3.27. The maximum atomic E-state index is 14.6. The molecule has 3 fully saturated rings. The van der Waals surface area contributed by atoms with Crippen molar-refractivity contribution < 1.29 is 13.6 Å². The van der Waals surface area contributed by atoms with Crippen molar-refractivity contribution in [2.24, 2.45) is 5.41 Å². The van der Waals surface area contributed by atoms with Crippen LogP contribution in [0.25, 0.3) is 0 Å². The van der Waals surface area contributed by atoms with Crippen LogP contribution in [0, 0.1) is 17.0 Å². The molecule has 2 amide bonds. The summed E-state index contributed by atoms with van der Waals surface area (Å²) in [6.07, 6.45) is 8.72. The molecule has 0 aromatic heterocycles. The highest BCUT2D eigenvalue weighted by molar-refractivity contribution is 5.75. The third-order valence-corrected chi connectivity index (χ3v) is 7.17. The number of carbonyl (C=O) groups is 1. The monoisotopic (exact) mass is 391 g/mol. The summed E-state index contributed by atoms with van der Waals surface area (Å²) in [6, 6.07) is 3.60. The molecule has 2 heterocycles. The van der Waals surface area contributed by atoms with Crippen molar-refractivity contribution in [1.29, 1.82) is 0 Å². The molecule has 1 saturated carbocycles. The number of halogens is 2. The summed E-state index contributed by atoms with van der Waals surface area (Å²) in [4.78, 5) is 17.3. The van der Waals surface area contributed by atoms with E-state index in [1.165, 1.54) is 44.2 Å². The standard InChI is InChI=1S/C22H31F2N3O/c1-25-17-7-12-27(20(14-17)18-6-5-16(23)13-19(18)24)21(28)26-11-4-10-22(15-26)8-2-3-9-22/h5-6,13,17,20,25H,2-4,7-12,14-15H2,1H3. The van der Waals surface area contributed by atoms with E-state index in [-0.39, 0.29) is 18.1 Å². The van der Waals surface area contributed by atoms with Gasteiger partial charge in [-0.05, 0) is 57.1 Å². The van der Waals surface area contributed by atoms with Crippen molar-refractivity contribution in [3.8, 4) is 0 Å². The lowest BCUT2D eigenvalue weighted by molar-refractivity contribution is 0.0648. The molecule has 1 aromatic rings. The first-order valence-corrected chi connectivity index (χ1v) is 10.7. The van der Waals surface area contributed by atoms with Gasteiger partial charge in [0.25, 0.3) is 0 Å². The van der Waals surface area contributed by atoms with Crippen LogP contribution in [0.5, 0.6) is 0 Å². The number of urea groups is 1. The van der Waals surface area contributed by atoms with E-state index in [2.05, 4.69) is 5.32 Å². The Labute approximate surface area is 166 Å². The maximum absolute atomic E-state index is 14.6. The first kappa shape index (κ1) is 19.6. The van der Waals surface area contributed by atoms with Gasteiger partial charge in [-0.25, -0.2) is 13.6 Å². The quantitative estimate of drug-likeness (QED) is 0.808. The summed E-state index contributed by atoms with van der Waals surface area (Å²) in [5.41, 5.74) is 0.718. The van der Waals surface area contributed by atoms with Crippen LogP contribution >= 0.6 is 0 Å². The number of benzene rings is 1. The highest BCUT2D eigenvalue weighted by Crippen LogP contribution is 2.45. The minimum absolute atomic E-state index is 0.0225. The van der Waals surface area contributed by atoms with Crippen LogP contribution in [0.1, 0.15) is 63.0 Å². The molecule has 1 aromatic carbocycles. The van der Waals surface area contributed by atoms with Gasteiger partial charge >= 0.3 is 6.03 Å². The number of rotatable bonds is 2. The van der Waals surface area contributed by atoms with E-state index >= 15 is 0 Å². The number of hydrogen-bond acceptors (Lipinski definition) is 2. The largest absolute Gasteiger partial charge is 0.324 e. The zero-order chi connectivity index (χ0) is 19.7. The summed E-state index contributed by atoms with van der Waals surface area (Å²) in [7, 11) is 1.90. The Morgan fingerprint density at radius 2 is 1.89 bits per heavy atom. The molecule has 1 N–H and O–H groups in total. The molecule has 28 heavy (non-hydrogen) atoms. The molecule has 2 aliphatic heterocycles. The van der Waals surface area contributed by atoms with Gasteiger partial charge in [-0.15, -0.1) is 0 Å². The Bertz CT molecular complexity index is 720. The Morgan fingerprint density at radius 1 is 1.14 bits per heavy atom. The highest BCUT2D eigenvalue weighted by atomic mass is 19.1. The van der Waals surface area contributed by atoms with Gasteiger partial charge in [0.05, 0.1) is 6.04 Å². The predicted octanol–water partition coefficient (Wildman–Crippen LogP) is 4.47. The number of piperidine rings is 2. The molecule has 0 radical (unpaired) electrons. The highest BCUT2D eigenvalue weighted by Gasteiger charge is 2.42. The second-order valence-electron chi connectivity index (χ2n) is 8.90. The van der Waals surface area contributed by atoms with E-state index in [1.54, 1.807) is 0 Å². The molecular weight excluding hydrogens is 360 g/mol. The zero-order valence-corrected chi connectivity index (χ0v) is 16.7. The topological polar surface area (TPSA) is 35.6 Å². The fourth-order valence-electron chi connectivity index (χ4n) is 5.61. The number of nitrogens with zero attached hydrogens (tertiary/aromatic N) is 2. The number of nitrogens with one attached hydrogen (secondary N) is 1. The van der Waals surface area contributed by atoms with Crippen LogP contribution in [0.3, 0.4) is 0 Å². The lowest BCUT2D eigenvalue weighted by Crippen LogP contribution is -2.54. The van der Waals surface area contributed by atoms with Crippen molar-refractivity contribution in [2.75, 3.05) is 26.7 Å². The van der Waals surface area contributed by atoms with Crippen molar-refractivity contribution >= 4 is 6.03 Å². The molecular formula is C22H31F2N3O. The summed E-state index contributed by atoms with van der Waals surface area (Å²) < 4.78 is 28.0. The Hall–Kier alpha value is -1.69. The van der Waals surface area contributed by atoms with E-state index in [0.29, 0.717) is 23.9 Å². The fourth-order valence-corrected chi connectivity index (χ4v) is 5.61. The average Bonchev–Trinajstić information content (AvgIpc) is 3.14. The molecule has 2 saturated heterocycles. The van der Waals surface area contributed by atoms with Crippen molar-refractivity contribution in [2.45, 2.75) is 63.5 Å². The third kappa shape index (κ3) is 3.76. The Morgan fingerprint density at radius 3 is 2.61 bits per heavy atom. The normalized spacial score (nSPS) is 27.4. The number of likely N-dealkylation sites (tertiary alicyclic amines) is 2.